The molecule has 1 aliphatic rings. The molecule has 3 aromatic rings. The second-order valence-corrected chi connectivity index (χ2v) is 7.53. The zero-order valence-electron chi connectivity index (χ0n) is 16.9. The van der Waals surface area contributed by atoms with E-state index in [0.29, 0.717) is 27.8 Å². The molecule has 0 spiro atoms. The Kier molecular flexibility index (Phi) is 5.90. The molecule has 156 valence electrons. The van der Waals surface area contributed by atoms with Crippen LogP contribution in [0, 0.1) is 0 Å². The fourth-order valence-electron chi connectivity index (χ4n) is 3.64. The van der Waals surface area contributed by atoms with Crippen molar-refractivity contribution < 1.29 is 14.3 Å². The number of hydrogen-bond acceptors (Lipinski definition) is 5. The average molecular weight is 427 g/mol. The van der Waals surface area contributed by atoms with Gasteiger partial charge in [0.25, 0.3) is 5.91 Å². The summed E-state index contributed by atoms with van der Waals surface area (Å²) in [6, 6.07) is 10.4. The lowest BCUT2D eigenvalue weighted by Crippen LogP contribution is -2.12. The maximum atomic E-state index is 12.8. The molecule has 0 unspecified atom stereocenters. The number of amides is 1. The highest BCUT2D eigenvalue weighted by molar-refractivity contribution is 6.33. The number of ether oxygens (including phenoxy) is 2. The van der Waals surface area contributed by atoms with Crippen LogP contribution in [-0.4, -0.2) is 34.9 Å². The first kappa shape index (κ1) is 20.2. The van der Waals surface area contributed by atoms with Crippen molar-refractivity contribution >= 4 is 23.2 Å². The number of aromatic nitrogens is 3. The third-order valence-electron chi connectivity index (χ3n) is 5.22. The van der Waals surface area contributed by atoms with Gasteiger partial charge in [0.2, 0.25) is 0 Å². The van der Waals surface area contributed by atoms with E-state index < -0.39 is 0 Å². The maximum Gasteiger partial charge on any atom is 0.255 e. The molecular formula is C22H23ClN4O3. The number of halogens is 1. The number of carbonyl (C=O) groups is 1. The lowest BCUT2D eigenvalue weighted by molar-refractivity contribution is 0.102. The van der Waals surface area contributed by atoms with Gasteiger partial charge in [-0.05, 0) is 49.2 Å². The van der Waals surface area contributed by atoms with Gasteiger partial charge in [-0.15, -0.1) is 10.2 Å². The predicted molar refractivity (Wildman–Crippen MR) is 116 cm³/mol. The van der Waals surface area contributed by atoms with Gasteiger partial charge in [-0.2, -0.15) is 0 Å². The number of rotatable bonds is 5. The van der Waals surface area contributed by atoms with Crippen molar-refractivity contribution in [1.29, 1.82) is 0 Å². The summed E-state index contributed by atoms with van der Waals surface area (Å²) in [5.74, 6) is 2.52. The fraction of sp³-hybridized carbons (Fsp3) is 0.318. The molecule has 0 aliphatic carbocycles. The fourth-order valence-corrected chi connectivity index (χ4v) is 3.84. The van der Waals surface area contributed by atoms with E-state index in [4.69, 9.17) is 21.1 Å². The van der Waals surface area contributed by atoms with Gasteiger partial charge in [0, 0.05) is 29.8 Å². The molecule has 0 atom stereocenters. The number of methoxy groups -OCH3 is 2. The molecular weight excluding hydrogens is 404 g/mol. The standard InChI is InChI=1S/C22H23ClN4O3/c1-29-18-10-7-14(12-19(18)30-2)22(28)24-15-8-9-17(23)16(13-15)21-26-25-20-6-4-3-5-11-27(20)21/h7-10,12-13H,3-6,11H2,1-2H3,(H,24,28). The van der Waals surface area contributed by atoms with E-state index >= 15 is 0 Å². The summed E-state index contributed by atoms with van der Waals surface area (Å²) in [7, 11) is 3.09. The number of carbonyl (C=O) groups excluding carboxylic acids is 1. The summed E-state index contributed by atoms with van der Waals surface area (Å²) in [6.45, 7) is 0.871. The SMILES string of the molecule is COc1ccc(C(=O)Nc2ccc(Cl)c(-c3nnc4n3CCCCC4)c2)cc1OC. The van der Waals surface area contributed by atoms with Gasteiger partial charge in [-0.1, -0.05) is 18.0 Å². The minimum absolute atomic E-state index is 0.260. The zero-order chi connectivity index (χ0) is 21.1. The number of hydrogen-bond donors (Lipinski definition) is 1. The number of nitrogens with one attached hydrogen (secondary N) is 1. The molecule has 4 rings (SSSR count). The van der Waals surface area contributed by atoms with Crippen LogP contribution < -0.4 is 14.8 Å². The maximum absolute atomic E-state index is 12.8. The molecule has 1 N–H and O–H groups in total. The average Bonchev–Trinajstić information content (AvgIpc) is 3.01. The van der Waals surface area contributed by atoms with Crippen LogP contribution in [0.2, 0.25) is 5.02 Å². The topological polar surface area (TPSA) is 78.3 Å². The van der Waals surface area contributed by atoms with Gasteiger partial charge < -0.3 is 19.4 Å². The Bertz CT molecular complexity index is 1080. The highest BCUT2D eigenvalue weighted by atomic mass is 35.5. The van der Waals surface area contributed by atoms with Crippen molar-refractivity contribution in [2.75, 3.05) is 19.5 Å². The molecule has 0 saturated carbocycles. The molecule has 0 saturated heterocycles. The summed E-state index contributed by atoms with van der Waals surface area (Å²) >= 11 is 6.47. The number of benzene rings is 2. The minimum Gasteiger partial charge on any atom is -0.493 e. The highest BCUT2D eigenvalue weighted by Gasteiger charge is 2.19. The molecule has 0 bridgehead atoms. The van der Waals surface area contributed by atoms with Crippen molar-refractivity contribution in [2.45, 2.75) is 32.2 Å². The summed E-state index contributed by atoms with van der Waals surface area (Å²) in [5.41, 5.74) is 1.84. The normalized spacial score (nSPS) is 13.3. The largest absolute Gasteiger partial charge is 0.493 e. The second kappa shape index (κ2) is 8.75. The summed E-state index contributed by atoms with van der Waals surface area (Å²) in [6.07, 6.45) is 4.30. The number of aryl methyl sites for hydroxylation is 1. The van der Waals surface area contributed by atoms with E-state index in [1.807, 2.05) is 6.07 Å². The highest BCUT2D eigenvalue weighted by Crippen LogP contribution is 2.32. The van der Waals surface area contributed by atoms with E-state index in [0.717, 1.165) is 43.0 Å². The van der Waals surface area contributed by atoms with Crippen LogP contribution in [0.3, 0.4) is 0 Å². The third-order valence-corrected chi connectivity index (χ3v) is 5.55. The predicted octanol–water partition coefficient (Wildman–Crippen LogP) is 4.59. The first-order chi connectivity index (χ1) is 14.6. The Morgan fingerprint density at radius 1 is 1.03 bits per heavy atom. The van der Waals surface area contributed by atoms with Gasteiger partial charge in [-0.25, -0.2) is 0 Å². The van der Waals surface area contributed by atoms with Crippen molar-refractivity contribution in [3.05, 3.63) is 52.8 Å². The number of nitrogens with zero attached hydrogens (tertiary/aromatic N) is 3. The molecule has 1 aliphatic heterocycles. The summed E-state index contributed by atoms with van der Waals surface area (Å²) in [4.78, 5) is 12.8. The lowest BCUT2D eigenvalue weighted by Gasteiger charge is -2.12. The van der Waals surface area contributed by atoms with Gasteiger partial charge in [0.15, 0.2) is 17.3 Å². The van der Waals surface area contributed by atoms with Crippen LogP contribution in [0.25, 0.3) is 11.4 Å². The van der Waals surface area contributed by atoms with Gasteiger partial charge in [-0.3, -0.25) is 4.79 Å². The van der Waals surface area contributed by atoms with Crippen molar-refractivity contribution in [2.24, 2.45) is 0 Å². The van der Waals surface area contributed by atoms with Crippen molar-refractivity contribution in [3.63, 3.8) is 0 Å². The first-order valence-corrected chi connectivity index (χ1v) is 10.2. The number of anilines is 1. The second-order valence-electron chi connectivity index (χ2n) is 7.12. The summed E-state index contributed by atoms with van der Waals surface area (Å²) < 4.78 is 12.6. The van der Waals surface area contributed by atoms with E-state index in [9.17, 15) is 4.79 Å². The van der Waals surface area contributed by atoms with Crippen LogP contribution in [-0.2, 0) is 13.0 Å². The van der Waals surface area contributed by atoms with Crippen molar-refractivity contribution in [1.82, 2.24) is 14.8 Å². The number of fused-ring (bicyclic) bond motifs is 1. The molecule has 0 fully saturated rings. The Balaban J connectivity index is 1.61. The lowest BCUT2D eigenvalue weighted by atomic mass is 10.1. The van der Waals surface area contributed by atoms with E-state index in [1.165, 1.54) is 13.5 Å². The van der Waals surface area contributed by atoms with Gasteiger partial charge in [0.1, 0.15) is 5.82 Å². The molecule has 2 aromatic carbocycles. The molecule has 0 radical (unpaired) electrons. The minimum atomic E-state index is -0.260. The first-order valence-electron chi connectivity index (χ1n) is 9.86. The molecule has 8 heteroatoms. The van der Waals surface area contributed by atoms with Crippen LogP contribution >= 0.6 is 11.6 Å². The Hall–Kier alpha value is -3.06. The molecule has 1 amide bonds. The monoisotopic (exact) mass is 426 g/mol. The van der Waals surface area contributed by atoms with Gasteiger partial charge >= 0.3 is 0 Å². The molecule has 7 nitrogen and oxygen atoms in total. The van der Waals surface area contributed by atoms with Crippen LogP contribution in [0.15, 0.2) is 36.4 Å². The molecule has 30 heavy (non-hydrogen) atoms. The Morgan fingerprint density at radius 2 is 1.87 bits per heavy atom. The van der Waals surface area contributed by atoms with E-state index in [1.54, 1.807) is 37.4 Å². The summed E-state index contributed by atoms with van der Waals surface area (Å²) in [5, 5.41) is 12.2. The smallest absolute Gasteiger partial charge is 0.255 e. The van der Waals surface area contributed by atoms with Crippen molar-refractivity contribution in [3.8, 4) is 22.9 Å². The quantitative estimate of drug-likeness (QED) is 0.645. The van der Waals surface area contributed by atoms with E-state index in [2.05, 4.69) is 20.1 Å². The van der Waals surface area contributed by atoms with Gasteiger partial charge in [0.05, 0.1) is 19.2 Å². The Morgan fingerprint density at radius 3 is 2.67 bits per heavy atom. The molecule has 1 aromatic heterocycles. The Labute approximate surface area is 180 Å². The van der Waals surface area contributed by atoms with E-state index in [-0.39, 0.29) is 5.91 Å². The van der Waals surface area contributed by atoms with Crippen LogP contribution in [0.5, 0.6) is 11.5 Å². The van der Waals surface area contributed by atoms with Crippen LogP contribution in [0.4, 0.5) is 5.69 Å². The zero-order valence-corrected chi connectivity index (χ0v) is 17.7. The third kappa shape index (κ3) is 3.98. The molecule has 2 heterocycles. The van der Waals surface area contributed by atoms with Crippen LogP contribution in [0.1, 0.15) is 35.4 Å².